The number of hydrogen-bond donors (Lipinski definition) is 0. The highest BCUT2D eigenvalue weighted by molar-refractivity contribution is 7.93. The Kier molecular flexibility index (Phi) is 2.47. The summed E-state index contributed by atoms with van der Waals surface area (Å²) in [5.41, 5.74) is -5.57. The van der Waals surface area contributed by atoms with Gasteiger partial charge in [-0.15, -0.1) is 0 Å². The van der Waals surface area contributed by atoms with Crippen LogP contribution in [0.15, 0.2) is 24.3 Å². The molecular weight excluding hydrogens is 224 g/mol. The zero-order valence-electron chi connectivity index (χ0n) is 6.75. The van der Waals surface area contributed by atoms with Gasteiger partial charge in [-0.1, -0.05) is 18.2 Å². The molecular formula is C7H6F4O2S. The zero-order valence-corrected chi connectivity index (χ0v) is 7.57. The van der Waals surface area contributed by atoms with Crippen LogP contribution in [0.2, 0.25) is 0 Å². The third-order valence-electron chi connectivity index (χ3n) is 1.74. The molecule has 0 heterocycles. The van der Waals surface area contributed by atoms with Crippen molar-refractivity contribution in [3.8, 4) is 0 Å². The summed E-state index contributed by atoms with van der Waals surface area (Å²) in [6, 6.07) is 0. The van der Waals surface area contributed by atoms with Crippen LogP contribution in [0.25, 0.3) is 0 Å². The lowest BCUT2D eigenvalue weighted by molar-refractivity contribution is -0.0475. The number of halogens is 4. The van der Waals surface area contributed by atoms with Crippen molar-refractivity contribution in [1.82, 2.24) is 0 Å². The summed E-state index contributed by atoms with van der Waals surface area (Å²) < 4.78 is 70.8. The van der Waals surface area contributed by atoms with Crippen LogP contribution in [0.4, 0.5) is 17.6 Å². The third kappa shape index (κ3) is 1.56. The highest BCUT2D eigenvalue weighted by Gasteiger charge is 2.59. The van der Waals surface area contributed by atoms with E-state index in [9.17, 15) is 26.0 Å². The van der Waals surface area contributed by atoms with Gasteiger partial charge in [0, 0.05) is 6.42 Å². The fraction of sp³-hybridized carbons (Fsp3) is 0.429. The molecule has 0 saturated carbocycles. The lowest BCUT2D eigenvalue weighted by Gasteiger charge is -2.23. The van der Waals surface area contributed by atoms with Crippen molar-refractivity contribution in [3.05, 3.63) is 24.3 Å². The molecule has 0 aliphatic heterocycles. The van der Waals surface area contributed by atoms with E-state index in [1.165, 1.54) is 6.08 Å². The zero-order chi connectivity index (χ0) is 11.0. The lowest BCUT2D eigenvalue weighted by atomic mass is 10.1. The van der Waals surface area contributed by atoms with Crippen LogP contribution in [-0.2, 0) is 9.84 Å². The van der Waals surface area contributed by atoms with E-state index in [0.29, 0.717) is 6.08 Å². The summed E-state index contributed by atoms with van der Waals surface area (Å²) in [6.45, 7) is 0. The molecule has 0 spiro atoms. The van der Waals surface area contributed by atoms with E-state index >= 15 is 0 Å². The first-order valence-corrected chi connectivity index (χ1v) is 5.03. The fourth-order valence-electron chi connectivity index (χ4n) is 0.966. The number of hydrogen-bond acceptors (Lipinski definition) is 2. The van der Waals surface area contributed by atoms with Gasteiger partial charge in [0.05, 0.1) is 0 Å². The Hall–Kier alpha value is -0.850. The standard InChI is InChI=1S/C7H6F4O2S/c8-6(4-2-1-3-5-6)14(12,13)7(9,10)11/h1-4H,5H2. The average Bonchev–Trinajstić information content (AvgIpc) is 2.03. The van der Waals surface area contributed by atoms with Crippen LogP contribution in [-0.4, -0.2) is 18.9 Å². The average molecular weight is 230 g/mol. The van der Waals surface area contributed by atoms with Crippen molar-refractivity contribution in [1.29, 1.82) is 0 Å². The van der Waals surface area contributed by atoms with E-state index in [4.69, 9.17) is 0 Å². The molecule has 1 aliphatic carbocycles. The second-order valence-corrected chi connectivity index (χ2v) is 4.88. The van der Waals surface area contributed by atoms with Gasteiger partial charge < -0.3 is 0 Å². The Morgan fingerprint density at radius 2 is 1.79 bits per heavy atom. The van der Waals surface area contributed by atoms with E-state index in [0.717, 1.165) is 12.2 Å². The van der Waals surface area contributed by atoms with Gasteiger partial charge in [0.2, 0.25) is 5.00 Å². The van der Waals surface area contributed by atoms with Crippen molar-refractivity contribution in [2.24, 2.45) is 0 Å². The summed E-state index contributed by atoms with van der Waals surface area (Å²) in [7, 11) is -5.80. The van der Waals surface area contributed by atoms with Crippen LogP contribution in [0, 0.1) is 0 Å². The Morgan fingerprint density at radius 3 is 2.14 bits per heavy atom. The molecule has 0 bridgehead atoms. The molecule has 0 radical (unpaired) electrons. The Labute approximate surface area is 77.8 Å². The highest BCUT2D eigenvalue weighted by Crippen LogP contribution is 2.39. The largest absolute Gasteiger partial charge is 0.500 e. The van der Waals surface area contributed by atoms with Crippen LogP contribution in [0.3, 0.4) is 0 Å². The molecule has 1 aliphatic rings. The molecule has 0 aromatic carbocycles. The van der Waals surface area contributed by atoms with Crippen LogP contribution in [0.5, 0.6) is 0 Å². The van der Waals surface area contributed by atoms with Crippen molar-refractivity contribution in [3.63, 3.8) is 0 Å². The van der Waals surface area contributed by atoms with Gasteiger partial charge in [-0.05, 0) is 6.08 Å². The quantitative estimate of drug-likeness (QED) is 0.646. The molecule has 0 aromatic rings. The molecule has 2 nitrogen and oxygen atoms in total. The molecule has 0 fully saturated rings. The molecule has 14 heavy (non-hydrogen) atoms. The van der Waals surface area contributed by atoms with Crippen molar-refractivity contribution in [2.75, 3.05) is 0 Å². The second kappa shape index (κ2) is 3.08. The Balaban J connectivity index is 3.18. The van der Waals surface area contributed by atoms with Gasteiger partial charge in [-0.2, -0.15) is 13.2 Å². The molecule has 1 rings (SSSR count). The molecule has 1 unspecified atom stereocenters. The molecule has 80 valence electrons. The predicted molar refractivity (Wildman–Crippen MR) is 41.7 cm³/mol. The number of rotatable bonds is 1. The molecule has 7 heteroatoms. The molecule has 0 aromatic heterocycles. The summed E-state index contributed by atoms with van der Waals surface area (Å²) in [5.74, 6) is 0. The summed E-state index contributed by atoms with van der Waals surface area (Å²) >= 11 is 0. The maximum absolute atomic E-state index is 13.4. The number of alkyl halides is 4. The van der Waals surface area contributed by atoms with Gasteiger partial charge in [-0.3, -0.25) is 0 Å². The third-order valence-corrected chi connectivity index (χ3v) is 3.55. The van der Waals surface area contributed by atoms with E-state index < -0.39 is 26.8 Å². The number of allylic oxidation sites excluding steroid dienone is 3. The minimum absolute atomic E-state index is 0.399. The first kappa shape index (κ1) is 11.2. The molecule has 0 amide bonds. The Morgan fingerprint density at radius 1 is 1.21 bits per heavy atom. The van der Waals surface area contributed by atoms with Crippen LogP contribution in [0.1, 0.15) is 6.42 Å². The van der Waals surface area contributed by atoms with Gasteiger partial charge >= 0.3 is 5.51 Å². The van der Waals surface area contributed by atoms with Gasteiger partial charge in [0.1, 0.15) is 0 Å². The second-order valence-electron chi connectivity index (χ2n) is 2.73. The monoisotopic (exact) mass is 230 g/mol. The minimum Gasteiger partial charge on any atom is -0.221 e. The van der Waals surface area contributed by atoms with Crippen molar-refractivity contribution >= 4 is 9.84 Å². The Bertz CT molecular complexity index is 379. The molecule has 1 atom stereocenters. The first-order valence-electron chi connectivity index (χ1n) is 3.55. The normalized spacial score (nSPS) is 28.0. The summed E-state index contributed by atoms with van der Waals surface area (Å²) in [4.78, 5) is 0. The topological polar surface area (TPSA) is 34.1 Å². The first-order chi connectivity index (χ1) is 6.21. The highest BCUT2D eigenvalue weighted by atomic mass is 32.2. The lowest BCUT2D eigenvalue weighted by Crippen LogP contribution is -2.41. The smallest absolute Gasteiger partial charge is 0.221 e. The van der Waals surface area contributed by atoms with Crippen LogP contribution >= 0.6 is 0 Å². The van der Waals surface area contributed by atoms with Crippen molar-refractivity contribution < 1.29 is 26.0 Å². The summed E-state index contributed by atoms with van der Waals surface area (Å²) in [5, 5.41) is -3.36. The van der Waals surface area contributed by atoms with Gasteiger partial charge in [0.15, 0.2) is 0 Å². The van der Waals surface area contributed by atoms with Gasteiger partial charge in [-0.25, -0.2) is 12.8 Å². The molecule has 0 N–H and O–H groups in total. The van der Waals surface area contributed by atoms with Crippen molar-refractivity contribution in [2.45, 2.75) is 16.9 Å². The van der Waals surface area contributed by atoms with E-state index in [-0.39, 0.29) is 0 Å². The predicted octanol–water partition coefficient (Wildman–Crippen LogP) is 2.10. The fourth-order valence-corrected chi connectivity index (χ4v) is 1.92. The van der Waals surface area contributed by atoms with E-state index in [1.54, 1.807) is 0 Å². The maximum atomic E-state index is 13.4. The molecule has 0 saturated heterocycles. The van der Waals surface area contributed by atoms with Gasteiger partial charge in [0.25, 0.3) is 9.84 Å². The summed E-state index contributed by atoms with van der Waals surface area (Å²) in [6.07, 6.45) is 2.83. The van der Waals surface area contributed by atoms with E-state index in [1.807, 2.05) is 0 Å². The van der Waals surface area contributed by atoms with Crippen LogP contribution < -0.4 is 0 Å². The minimum atomic E-state index is -5.80. The number of sulfone groups is 1. The van der Waals surface area contributed by atoms with E-state index in [2.05, 4.69) is 0 Å². The SMILES string of the molecule is O=S(=O)(C(F)(F)F)C1(F)C=CC=CC1. The maximum Gasteiger partial charge on any atom is 0.500 e.